The Kier molecular flexibility index (Phi) is 4.68. The molecular weight excluding hydrogens is 356 g/mol. The normalized spacial score (nSPS) is 42.9. The van der Waals surface area contributed by atoms with Gasteiger partial charge in [0.1, 0.15) is 5.75 Å². The van der Waals surface area contributed by atoms with Gasteiger partial charge in [0.25, 0.3) is 0 Å². The number of ether oxygens (including phenoxy) is 1. The molecule has 4 aliphatic carbocycles. The molecular formula is C27H36O2. The van der Waals surface area contributed by atoms with E-state index >= 15 is 0 Å². The minimum Gasteiger partial charge on any atom is -0.497 e. The largest absolute Gasteiger partial charge is 0.497 e. The van der Waals surface area contributed by atoms with Gasteiger partial charge in [-0.15, -0.1) is 0 Å². The van der Waals surface area contributed by atoms with Crippen LogP contribution in [0.1, 0.15) is 77.2 Å². The molecule has 0 spiro atoms. The number of benzene rings is 1. The van der Waals surface area contributed by atoms with Gasteiger partial charge in [0.05, 0.1) is 7.11 Å². The van der Waals surface area contributed by atoms with Gasteiger partial charge in [-0.1, -0.05) is 38.8 Å². The van der Waals surface area contributed by atoms with E-state index in [-0.39, 0.29) is 5.41 Å². The van der Waals surface area contributed by atoms with Crippen LogP contribution in [-0.4, -0.2) is 12.9 Å². The molecule has 0 heterocycles. The third kappa shape index (κ3) is 2.93. The fourth-order valence-corrected chi connectivity index (χ4v) is 8.00. The fraction of sp³-hybridized carbons (Fsp3) is 0.667. The summed E-state index contributed by atoms with van der Waals surface area (Å²) in [4.78, 5) is 13.5. The quantitative estimate of drug-likeness (QED) is 0.524. The molecule has 0 saturated heterocycles. The van der Waals surface area contributed by atoms with Crippen molar-refractivity contribution in [3.05, 3.63) is 35.4 Å². The molecule has 0 amide bonds. The highest BCUT2D eigenvalue weighted by Gasteiger charge is 2.60. The maximum absolute atomic E-state index is 13.5. The van der Waals surface area contributed by atoms with Crippen molar-refractivity contribution in [2.24, 2.45) is 34.5 Å². The topological polar surface area (TPSA) is 26.3 Å². The smallest absolute Gasteiger partial charge is 0.165 e. The first-order chi connectivity index (χ1) is 14.0. The van der Waals surface area contributed by atoms with Gasteiger partial charge < -0.3 is 4.74 Å². The molecule has 0 N–H and O–H groups in total. The number of methoxy groups -OCH3 is 1. The van der Waals surface area contributed by atoms with Crippen LogP contribution in [0, 0.1) is 34.5 Å². The lowest BCUT2D eigenvalue weighted by atomic mass is 9.45. The molecule has 2 nitrogen and oxygen atoms in total. The Morgan fingerprint density at radius 2 is 1.76 bits per heavy atom. The predicted octanol–water partition coefficient (Wildman–Crippen LogP) is 6.69. The second-order valence-electron chi connectivity index (χ2n) is 10.8. The lowest BCUT2D eigenvalue weighted by Gasteiger charge is -2.59. The highest BCUT2D eigenvalue weighted by Crippen LogP contribution is 2.66. The molecule has 0 aromatic heterocycles. The van der Waals surface area contributed by atoms with E-state index in [1.54, 1.807) is 7.11 Å². The summed E-state index contributed by atoms with van der Waals surface area (Å²) >= 11 is 0. The van der Waals surface area contributed by atoms with Crippen LogP contribution < -0.4 is 4.74 Å². The monoisotopic (exact) mass is 392 g/mol. The number of fused-ring (bicyclic) bond motifs is 5. The molecule has 1 aromatic rings. The Morgan fingerprint density at radius 1 is 0.966 bits per heavy atom. The number of hydrogen-bond donors (Lipinski definition) is 0. The van der Waals surface area contributed by atoms with Gasteiger partial charge >= 0.3 is 0 Å². The molecule has 6 atom stereocenters. The van der Waals surface area contributed by atoms with Crippen molar-refractivity contribution in [2.75, 3.05) is 7.11 Å². The van der Waals surface area contributed by atoms with E-state index in [0.717, 1.165) is 47.5 Å². The van der Waals surface area contributed by atoms with Crippen LogP contribution in [0.5, 0.6) is 5.75 Å². The zero-order valence-electron chi connectivity index (χ0n) is 18.4. The van der Waals surface area contributed by atoms with Gasteiger partial charge in [-0.05, 0) is 103 Å². The van der Waals surface area contributed by atoms with E-state index in [0.29, 0.717) is 17.1 Å². The van der Waals surface area contributed by atoms with E-state index in [1.165, 1.54) is 44.9 Å². The SMILES string of the molecule is COc1ccc(/C=C2\C[C@@H]3[C@H]4CC[C@@H]5CCCC[C@]5(C)[C@@H]4CC[C@]3(C)C2=O)cc1. The minimum atomic E-state index is -0.128. The summed E-state index contributed by atoms with van der Waals surface area (Å²) in [5, 5.41) is 0. The number of Topliss-reactive ketones (excluding diaryl/α,β-unsaturated/α-hetero) is 1. The van der Waals surface area contributed by atoms with E-state index in [1.807, 2.05) is 12.1 Å². The Hall–Kier alpha value is -1.57. The zero-order chi connectivity index (χ0) is 20.2. The number of allylic oxidation sites excluding steroid dienone is 1. The lowest BCUT2D eigenvalue weighted by Crippen LogP contribution is -2.52. The van der Waals surface area contributed by atoms with Crippen molar-refractivity contribution in [3.8, 4) is 5.75 Å². The molecule has 1 aromatic carbocycles. The maximum Gasteiger partial charge on any atom is 0.165 e. The van der Waals surface area contributed by atoms with E-state index < -0.39 is 0 Å². The number of hydrogen-bond acceptors (Lipinski definition) is 2. The van der Waals surface area contributed by atoms with Gasteiger partial charge in [0, 0.05) is 5.41 Å². The van der Waals surface area contributed by atoms with Gasteiger partial charge in [-0.3, -0.25) is 4.79 Å². The van der Waals surface area contributed by atoms with Crippen molar-refractivity contribution >= 4 is 11.9 Å². The van der Waals surface area contributed by atoms with Crippen molar-refractivity contribution < 1.29 is 9.53 Å². The summed E-state index contributed by atoms with van der Waals surface area (Å²) in [5.74, 6) is 4.39. The van der Waals surface area contributed by atoms with Gasteiger partial charge in [-0.2, -0.15) is 0 Å². The molecule has 0 aliphatic heterocycles. The molecule has 0 unspecified atom stereocenters. The standard InChI is InChI=1S/C27H36O2/c1-26-14-5-4-6-20(26)9-12-22-23(26)13-15-27(2)24(22)17-19(25(27)28)16-18-7-10-21(29-3)11-8-18/h7-8,10-11,16,20,22-24H,4-6,9,12-15,17H2,1-3H3/b19-16+/t20-,22-,23+,24+,26-,27-/m0/s1. The maximum atomic E-state index is 13.5. The van der Waals surface area contributed by atoms with Crippen LogP contribution in [0.25, 0.3) is 6.08 Å². The summed E-state index contributed by atoms with van der Waals surface area (Å²) in [6, 6.07) is 8.12. The van der Waals surface area contributed by atoms with E-state index in [2.05, 4.69) is 32.1 Å². The molecule has 29 heavy (non-hydrogen) atoms. The van der Waals surface area contributed by atoms with Gasteiger partial charge in [0.15, 0.2) is 5.78 Å². The highest BCUT2D eigenvalue weighted by atomic mass is 16.5. The van der Waals surface area contributed by atoms with Gasteiger partial charge in [0.2, 0.25) is 0 Å². The number of carbonyl (C=O) groups excluding carboxylic acids is 1. The van der Waals surface area contributed by atoms with Crippen molar-refractivity contribution in [1.82, 2.24) is 0 Å². The zero-order valence-corrected chi connectivity index (χ0v) is 18.4. The van der Waals surface area contributed by atoms with Crippen molar-refractivity contribution in [2.45, 2.75) is 71.6 Å². The summed E-state index contributed by atoms with van der Waals surface area (Å²) in [7, 11) is 1.69. The van der Waals surface area contributed by atoms with Crippen molar-refractivity contribution in [3.63, 3.8) is 0 Å². The first-order valence-corrected chi connectivity index (χ1v) is 11.8. The Morgan fingerprint density at radius 3 is 2.52 bits per heavy atom. The number of ketones is 1. The summed E-state index contributed by atoms with van der Waals surface area (Å²) in [5.41, 5.74) is 2.60. The first kappa shape index (κ1) is 19.4. The third-order valence-electron chi connectivity index (χ3n) is 9.68. The first-order valence-electron chi connectivity index (χ1n) is 11.8. The van der Waals surface area contributed by atoms with Crippen LogP contribution in [0.4, 0.5) is 0 Å². The van der Waals surface area contributed by atoms with Crippen LogP contribution in [0.15, 0.2) is 29.8 Å². The van der Waals surface area contributed by atoms with Crippen molar-refractivity contribution in [1.29, 1.82) is 0 Å². The van der Waals surface area contributed by atoms with E-state index in [4.69, 9.17) is 4.74 Å². The molecule has 2 heteroatoms. The third-order valence-corrected chi connectivity index (χ3v) is 9.68. The Balaban J connectivity index is 1.43. The Labute approximate surface area is 176 Å². The van der Waals surface area contributed by atoms with E-state index in [9.17, 15) is 4.79 Å². The van der Waals surface area contributed by atoms with Crippen LogP contribution in [0.2, 0.25) is 0 Å². The minimum absolute atomic E-state index is 0.128. The average Bonchev–Trinajstić information content (AvgIpc) is 2.99. The Bertz CT molecular complexity index is 821. The number of carbonyl (C=O) groups is 1. The summed E-state index contributed by atoms with van der Waals surface area (Å²) in [6.45, 7) is 4.90. The second kappa shape index (κ2) is 7.00. The predicted molar refractivity (Wildman–Crippen MR) is 118 cm³/mol. The molecule has 0 bridgehead atoms. The molecule has 4 saturated carbocycles. The molecule has 4 aliphatic rings. The molecule has 156 valence electrons. The highest BCUT2D eigenvalue weighted by molar-refractivity contribution is 6.05. The summed E-state index contributed by atoms with van der Waals surface area (Å²) in [6.07, 6.45) is 14.0. The lowest BCUT2D eigenvalue weighted by molar-refractivity contribution is -0.137. The van der Waals surface area contributed by atoms with Crippen LogP contribution in [0.3, 0.4) is 0 Å². The molecule has 4 fully saturated rings. The number of rotatable bonds is 2. The molecule has 5 rings (SSSR count). The van der Waals surface area contributed by atoms with Gasteiger partial charge in [-0.25, -0.2) is 0 Å². The second-order valence-corrected chi connectivity index (χ2v) is 10.8. The van der Waals surface area contributed by atoms with Crippen LogP contribution >= 0.6 is 0 Å². The summed E-state index contributed by atoms with van der Waals surface area (Å²) < 4.78 is 5.28. The molecule has 0 radical (unpaired) electrons. The average molecular weight is 393 g/mol. The van der Waals surface area contributed by atoms with Crippen LogP contribution in [-0.2, 0) is 4.79 Å². The fourth-order valence-electron chi connectivity index (χ4n) is 8.00.